The van der Waals surface area contributed by atoms with Gasteiger partial charge in [0.25, 0.3) is 0 Å². The Morgan fingerprint density at radius 2 is 2.14 bits per heavy atom. The second-order valence-corrected chi connectivity index (χ2v) is 5.52. The highest BCUT2D eigenvalue weighted by molar-refractivity contribution is 5.91. The molecule has 2 rings (SSSR count). The van der Waals surface area contributed by atoms with Crippen LogP contribution in [-0.4, -0.2) is 17.1 Å². The van der Waals surface area contributed by atoms with Crippen molar-refractivity contribution in [2.75, 3.05) is 11.1 Å². The number of hydrogen-bond acceptors (Lipinski definition) is 3. The zero-order valence-electron chi connectivity index (χ0n) is 11.7. The maximum absolute atomic E-state index is 12.7. The molecule has 4 nitrogen and oxygen atoms in total. The number of aryl methyl sites for hydroxylation is 1. The second-order valence-electron chi connectivity index (χ2n) is 5.52. The molecule has 7 heteroatoms. The zero-order chi connectivity index (χ0) is 15.6. The van der Waals surface area contributed by atoms with Crippen LogP contribution in [0, 0.1) is 18.8 Å². The minimum Gasteiger partial charge on any atom is -0.397 e. The summed E-state index contributed by atoms with van der Waals surface area (Å²) >= 11 is 0. The maximum Gasteiger partial charge on any atom is 0.391 e. The molecule has 0 aliphatic heterocycles. The molecule has 21 heavy (non-hydrogen) atoms. The highest BCUT2D eigenvalue weighted by atomic mass is 19.4. The van der Waals surface area contributed by atoms with Crippen LogP contribution in [-0.2, 0) is 4.79 Å². The van der Waals surface area contributed by atoms with Crippen molar-refractivity contribution in [1.82, 2.24) is 4.98 Å². The number of pyridine rings is 1. The molecule has 2 unspecified atom stereocenters. The Hall–Kier alpha value is -1.79. The van der Waals surface area contributed by atoms with E-state index >= 15 is 0 Å². The highest BCUT2D eigenvalue weighted by Gasteiger charge is 2.43. The fraction of sp³-hybridized carbons (Fsp3) is 0.571. The molecule has 1 aliphatic carbocycles. The van der Waals surface area contributed by atoms with Crippen molar-refractivity contribution >= 4 is 17.4 Å². The van der Waals surface area contributed by atoms with Crippen LogP contribution < -0.4 is 11.1 Å². The van der Waals surface area contributed by atoms with Gasteiger partial charge in [-0.05, 0) is 37.8 Å². The molecule has 1 amide bonds. The molecule has 1 saturated carbocycles. The lowest BCUT2D eigenvalue weighted by Gasteiger charge is -2.29. The number of halogens is 3. The van der Waals surface area contributed by atoms with Gasteiger partial charge in [-0.3, -0.25) is 4.79 Å². The molecular weight excluding hydrogens is 283 g/mol. The van der Waals surface area contributed by atoms with E-state index in [1.807, 2.05) is 0 Å². The molecule has 0 saturated heterocycles. The van der Waals surface area contributed by atoms with Gasteiger partial charge in [-0.25, -0.2) is 4.98 Å². The summed E-state index contributed by atoms with van der Waals surface area (Å²) in [7, 11) is 0. The van der Waals surface area contributed by atoms with Gasteiger partial charge >= 0.3 is 6.18 Å². The van der Waals surface area contributed by atoms with E-state index in [9.17, 15) is 18.0 Å². The number of amides is 1. The standard InChI is InChI=1S/C14H18F3N3O/c1-8-5-12(19-7-11(8)18)20-13(21)9-3-2-4-10(6-9)14(15,16)17/h5,7,9-10H,2-4,6,18H2,1H3,(H,19,20,21). The fourth-order valence-corrected chi connectivity index (χ4v) is 2.59. The third kappa shape index (κ3) is 3.86. The highest BCUT2D eigenvalue weighted by Crippen LogP contribution is 2.40. The smallest absolute Gasteiger partial charge is 0.391 e. The molecule has 116 valence electrons. The molecule has 1 aromatic heterocycles. The number of aromatic nitrogens is 1. The van der Waals surface area contributed by atoms with Crippen LogP contribution in [0.5, 0.6) is 0 Å². The van der Waals surface area contributed by atoms with E-state index in [2.05, 4.69) is 10.3 Å². The molecule has 0 radical (unpaired) electrons. The number of anilines is 2. The first-order valence-corrected chi connectivity index (χ1v) is 6.87. The Kier molecular flexibility index (Phi) is 4.39. The Labute approximate surface area is 120 Å². The number of hydrogen-bond donors (Lipinski definition) is 2. The number of rotatable bonds is 2. The van der Waals surface area contributed by atoms with Crippen molar-refractivity contribution in [2.24, 2.45) is 11.8 Å². The second kappa shape index (κ2) is 5.91. The van der Waals surface area contributed by atoms with E-state index in [1.54, 1.807) is 13.0 Å². The normalized spacial score (nSPS) is 22.9. The monoisotopic (exact) mass is 301 g/mol. The zero-order valence-corrected chi connectivity index (χ0v) is 11.7. The van der Waals surface area contributed by atoms with Crippen molar-refractivity contribution in [2.45, 2.75) is 38.8 Å². The van der Waals surface area contributed by atoms with Crippen molar-refractivity contribution in [3.8, 4) is 0 Å². The SMILES string of the molecule is Cc1cc(NC(=O)C2CCCC(C(F)(F)F)C2)ncc1N. The first-order valence-electron chi connectivity index (χ1n) is 6.87. The molecule has 1 fully saturated rings. The average Bonchev–Trinajstić information content (AvgIpc) is 2.42. The van der Waals surface area contributed by atoms with Crippen molar-refractivity contribution in [3.63, 3.8) is 0 Å². The van der Waals surface area contributed by atoms with E-state index < -0.39 is 23.9 Å². The van der Waals surface area contributed by atoms with Crippen molar-refractivity contribution < 1.29 is 18.0 Å². The Morgan fingerprint density at radius 3 is 2.76 bits per heavy atom. The van der Waals surface area contributed by atoms with Crippen LogP contribution in [0.3, 0.4) is 0 Å². The first kappa shape index (κ1) is 15.6. The van der Waals surface area contributed by atoms with E-state index in [4.69, 9.17) is 5.73 Å². The van der Waals surface area contributed by atoms with Gasteiger partial charge in [0.05, 0.1) is 17.8 Å². The van der Waals surface area contributed by atoms with Crippen LogP contribution in [0.2, 0.25) is 0 Å². The van der Waals surface area contributed by atoms with Crippen LogP contribution in [0.1, 0.15) is 31.2 Å². The lowest BCUT2D eigenvalue weighted by Crippen LogP contribution is -2.34. The van der Waals surface area contributed by atoms with Crippen LogP contribution >= 0.6 is 0 Å². The summed E-state index contributed by atoms with van der Waals surface area (Å²) in [6.45, 7) is 1.77. The van der Waals surface area contributed by atoms with Crippen LogP contribution in [0.15, 0.2) is 12.3 Å². The third-order valence-electron chi connectivity index (χ3n) is 3.91. The summed E-state index contributed by atoms with van der Waals surface area (Å²) in [5, 5.41) is 2.58. The van der Waals surface area contributed by atoms with Gasteiger partial charge in [0.1, 0.15) is 5.82 Å². The van der Waals surface area contributed by atoms with E-state index in [0.29, 0.717) is 24.3 Å². The number of nitrogen functional groups attached to an aromatic ring is 1. The van der Waals surface area contributed by atoms with Crippen molar-refractivity contribution in [3.05, 3.63) is 17.8 Å². The molecule has 1 aliphatic rings. The summed E-state index contributed by atoms with van der Waals surface area (Å²) in [6, 6.07) is 1.61. The van der Waals surface area contributed by atoms with E-state index in [-0.39, 0.29) is 12.8 Å². The molecule has 2 atom stereocenters. The van der Waals surface area contributed by atoms with Crippen molar-refractivity contribution in [1.29, 1.82) is 0 Å². The quantitative estimate of drug-likeness (QED) is 0.881. The molecule has 1 heterocycles. The molecule has 0 bridgehead atoms. The number of nitrogens with two attached hydrogens (primary N) is 1. The summed E-state index contributed by atoms with van der Waals surface area (Å²) < 4.78 is 38.2. The molecule has 0 spiro atoms. The summed E-state index contributed by atoms with van der Waals surface area (Å²) in [5.74, 6) is -2.09. The van der Waals surface area contributed by atoms with Gasteiger partial charge in [0.2, 0.25) is 5.91 Å². The predicted octanol–water partition coefficient (Wildman–Crippen LogP) is 3.28. The van der Waals surface area contributed by atoms with Gasteiger partial charge in [0, 0.05) is 5.92 Å². The van der Waals surface area contributed by atoms with Gasteiger partial charge in [-0.15, -0.1) is 0 Å². The number of carbonyl (C=O) groups is 1. The van der Waals surface area contributed by atoms with E-state index in [0.717, 1.165) is 5.56 Å². The average molecular weight is 301 g/mol. The lowest BCUT2D eigenvalue weighted by atomic mass is 9.80. The number of alkyl halides is 3. The summed E-state index contributed by atoms with van der Waals surface area (Å²) in [5.41, 5.74) is 6.89. The number of carbonyl (C=O) groups excluding carboxylic acids is 1. The summed E-state index contributed by atoms with van der Waals surface area (Å²) in [4.78, 5) is 16.0. The Morgan fingerprint density at radius 1 is 1.43 bits per heavy atom. The largest absolute Gasteiger partial charge is 0.397 e. The van der Waals surface area contributed by atoms with E-state index in [1.165, 1.54) is 6.20 Å². The third-order valence-corrected chi connectivity index (χ3v) is 3.91. The summed E-state index contributed by atoms with van der Waals surface area (Å²) in [6.07, 6.45) is -1.96. The minimum absolute atomic E-state index is 0.104. The van der Waals surface area contributed by atoms with Gasteiger partial charge in [0.15, 0.2) is 0 Å². The Bertz CT molecular complexity index is 531. The molecular formula is C14H18F3N3O. The molecule has 1 aromatic rings. The lowest BCUT2D eigenvalue weighted by molar-refractivity contribution is -0.185. The van der Waals surface area contributed by atoms with Gasteiger partial charge in [-0.2, -0.15) is 13.2 Å². The Balaban J connectivity index is 2.01. The van der Waals surface area contributed by atoms with Crippen LogP contribution in [0.25, 0.3) is 0 Å². The van der Waals surface area contributed by atoms with Gasteiger partial charge < -0.3 is 11.1 Å². The fourth-order valence-electron chi connectivity index (χ4n) is 2.59. The predicted molar refractivity (Wildman–Crippen MR) is 73.5 cm³/mol. The number of nitrogens with zero attached hydrogens (tertiary/aromatic N) is 1. The first-order chi connectivity index (χ1) is 9.77. The number of nitrogens with one attached hydrogen (secondary N) is 1. The topological polar surface area (TPSA) is 68.0 Å². The minimum atomic E-state index is -4.23. The van der Waals surface area contributed by atoms with Crippen LogP contribution in [0.4, 0.5) is 24.7 Å². The molecule has 3 N–H and O–H groups in total. The van der Waals surface area contributed by atoms with Gasteiger partial charge in [-0.1, -0.05) is 6.42 Å². The molecule has 0 aromatic carbocycles. The maximum atomic E-state index is 12.7.